The third-order valence-electron chi connectivity index (χ3n) is 3.28. The number of para-hydroxylation sites is 1. The summed E-state index contributed by atoms with van der Waals surface area (Å²) in [5.41, 5.74) is 3.70. The van der Waals surface area contributed by atoms with Gasteiger partial charge in [0.1, 0.15) is 0 Å². The Morgan fingerprint density at radius 2 is 1.81 bits per heavy atom. The summed E-state index contributed by atoms with van der Waals surface area (Å²) < 4.78 is 0. The molecule has 0 aliphatic carbocycles. The Morgan fingerprint density at radius 1 is 1.10 bits per heavy atom. The highest BCUT2D eigenvalue weighted by atomic mass is 16.1. The number of unbranched alkanes of at least 4 members (excludes halogenated alkanes) is 1. The summed E-state index contributed by atoms with van der Waals surface area (Å²) in [4.78, 5) is 12.3. The maximum atomic E-state index is 12.3. The lowest BCUT2D eigenvalue weighted by atomic mass is 10.1. The van der Waals surface area contributed by atoms with Gasteiger partial charge in [0.25, 0.3) is 5.91 Å². The summed E-state index contributed by atoms with van der Waals surface area (Å²) in [6.07, 6.45) is 6.36. The fourth-order valence-corrected chi connectivity index (χ4v) is 2.03. The molecule has 1 amide bonds. The Balaban J connectivity index is 2.15. The number of hydrogen-bond acceptors (Lipinski definition) is 1. The Bertz CT molecular complexity index is 626. The van der Waals surface area contributed by atoms with Crippen LogP contribution in [-0.4, -0.2) is 5.91 Å². The van der Waals surface area contributed by atoms with Crippen molar-refractivity contribution in [3.63, 3.8) is 0 Å². The van der Waals surface area contributed by atoms with Crippen LogP contribution >= 0.6 is 0 Å². The van der Waals surface area contributed by atoms with Crippen molar-refractivity contribution in [2.24, 2.45) is 0 Å². The van der Waals surface area contributed by atoms with Crippen LogP contribution in [0.3, 0.4) is 0 Å². The average Bonchev–Trinajstić information content (AvgIpc) is 2.50. The molecule has 0 unspecified atom stereocenters. The first kappa shape index (κ1) is 15.0. The molecular weight excluding hydrogens is 258 g/mol. The summed E-state index contributed by atoms with van der Waals surface area (Å²) in [7, 11) is 0. The number of anilines is 1. The fraction of sp³-hybridized carbons (Fsp3) is 0.211. The smallest absolute Gasteiger partial charge is 0.255 e. The van der Waals surface area contributed by atoms with Crippen LogP contribution in [0.4, 0.5) is 5.69 Å². The van der Waals surface area contributed by atoms with Crippen LogP contribution in [0.2, 0.25) is 0 Å². The van der Waals surface area contributed by atoms with Crippen LogP contribution < -0.4 is 5.32 Å². The molecule has 0 bridgehead atoms. The second-order valence-corrected chi connectivity index (χ2v) is 5.10. The molecule has 2 nitrogen and oxygen atoms in total. The zero-order valence-electron chi connectivity index (χ0n) is 12.6. The second kappa shape index (κ2) is 7.44. The number of nitrogens with one attached hydrogen (secondary N) is 1. The van der Waals surface area contributed by atoms with Gasteiger partial charge in [-0.15, -0.1) is 0 Å². The maximum Gasteiger partial charge on any atom is 0.255 e. The fourth-order valence-electron chi connectivity index (χ4n) is 2.03. The number of rotatable bonds is 5. The van der Waals surface area contributed by atoms with E-state index in [1.807, 2.05) is 55.5 Å². The van der Waals surface area contributed by atoms with Crippen LogP contribution in [0.5, 0.6) is 0 Å². The van der Waals surface area contributed by atoms with E-state index < -0.39 is 0 Å². The minimum Gasteiger partial charge on any atom is -0.321 e. The molecule has 0 aliphatic rings. The van der Waals surface area contributed by atoms with E-state index in [9.17, 15) is 4.79 Å². The Hall–Kier alpha value is -2.35. The van der Waals surface area contributed by atoms with Crippen LogP contribution in [0, 0.1) is 6.92 Å². The zero-order chi connectivity index (χ0) is 15.1. The van der Waals surface area contributed by atoms with Crippen molar-refractivity contribution in [3.8, 4) is 0 Å². The topological polar surface area (TPSA) is 29.1 Å². The Labute approximate surface area is 126 Å². The van der Waals surface area contributed by atoms with Crippen molar-refractivity contribution in [1.82, 2.24) is 0 Å². The van der Waals surface area contributed by atoms with E-state index >= 15 is 0 Å². The highest BCUT2D eigenvalue weighted by Gasteiger charge is 2.07. The molecule has 0 saturated heterocycles. The van der Waals surface area contributed by atoms with Crippen LogP contribution in [-0.2, 0) is 0 Å². The highest BCUT2D eigenvalue weighted by molar-refractivity contribution is 6.05. The van der Waals surface area contributed by atoms with Gasteiger partial charge >= 0.3 is 0 Å². The molecule has 21 heavy (non-hydrogen) atoms. The van der Waals surface area contributed by atoms with Gasteiger partial charge in [0.05, 0.1) is 0 Å². The lowest BCUT2D eigenvalue weighted by Crippen LogP contribution is -2.12. The summed E-state index contributed by atoms with van der Waals surface area (Å²) in [6, 6.07) is 15.4. The van der Waals surface area contributed by atoms with Gasteiger partial charge in [-0.1, -0.05) is 61.4 Å². The van der Waals surface area contributed by atoms with E-state index in [1.54, 1.807) is 0 Å². The van der Waals surface area contributed by atoms with Crippen LogP contribution in [0.25, 0.3) is 6.08 Å². The van der Waals surface area contributed by atoms with Gasteiger partial charge in [0.2, 0.25) is 0 Å². The van der Waals surface area contributed by atoms with Gasteiger partial charge in [-0.2, -0.15) is 0 Å². The first-order valence-electron chi connectivity index (χ1n) is 7.34. The predicted octanol–water partition coefficient (Wildman–Crippen LogP) is 5.06. The summed E-state index contributed by atoms with van der Waals surface area (Å²) >= 11 is 0. The van der Waals surface area contributed by atoms with E-state index in [0.29, 0.717) is 5.56 Å². The van der Waals surface area contributed by atoms with E-state index in [2.05, 4.69) is 24.4 Å². The van der Waals surface area contributed by atoms with Crippen molar-refractivity contribution in [3.05, 3.63) is 71.3 Å². The SMILES string of the molecule is CCCC=Cc1ccccc1NC(=O)c1ccc(C)cc1. The molecule has 0 aliphatic heterocycles. The van der Waals surface area contributed by atoms with Crippen LogP contribution in [0.15, 0.2) is 54.6 Å². The van der Waals surface area contributed by atoms with E-state index in [0.717, 1.165) is 29.7 Å². The normalized spacial score (nSPS) is 10.8. The molecule has 2 rings (SSSR count). The average molecular weight is 279 g/mol. The number of carbonyl (C=O) groups is 1. The van der Waals surface area contributed by atoms with Crippen molar-refractivity contribution in [2.45, 2.75) is 26.7 Å². The van der Waals surface area contributed by atoms with Gasteiger partial charge in [-0.05, 0) is 37.1 Å². The molecule has 0 atom stereocenters. The minimum atomic E-state index is -0.0775. The first-order valence-corrected chi connectivity index (χ1v) is 7.34. The van der Waals surface area contributed by atoms with Gasteiger partial charge in [-0.25, -0.2) is 0 Å². The Kier molecular flexibility index (Phi) is 5.33. The van der Waals surface area contributed by atoms with Crippen molar-refractivity contribution >= 4 is 17.7 Å². The zero-order valence-corrected chi connectivity index (χ0v) is 12.6. The third kappa shape index (κ3) is 4.32. The molecule has 0 saturated carbocycles. The molecule has 0 aromatic heterocycles. The van der Waals surface area contributed by atoms with Gasteiger partial charge in [-0.3, -0.25) is 4.79 Å². The number of benzene rings is 2. The van der Waals surface area contributed by atoms with Gasteiger partial charge < -0.3 is 5.32 Å². The standard InChI is InChI=1S/C19H21NO/c1-3-4-5-8-16-9-6-7-10-18(16)20-19(21)17-13-11-15(2)12-14-17/h5-14H,3-4H2,1-2H3,(H,20,21). The van der Waals surface area contributed by atoms with Crippen LogP contribution in [0.1, 0.15) is 41.3 Å². The van der Waals surface area contributed by atoms with E-state index in [4.69, 9.17) is 0 Å². The molecule has 0 spiro atoms. The second-order valence-electron chi connectivity index (χ2n) is 5.10. The molecular formula is C19H21NO. The number of amides is 1. The number of hydrogen-bond donors (Lipinski definition) is 1. The number of aryl methyl sites for hydroxylation is 1. The largest absolute Gasteiger partial charge is 0.321 e. The summed E-state index contributed by atoms with van der Waals surface area (Å²) in [5, 5.41) is 2.98. The molecule has 1 N–H and O–H groups in total. The van der Waals surface area contributed by atoms with Crippen molar-refractivity contribution < 1.29 is 4.79 Å². The molecule has 0 radical (unpaired) electrons. The Morgan fingerprint density at radius 3 is 2.52 bits per heavy atom. The molecule has 2 aromatic rings. The molecule has 0 heterocycles. The van der Waals surface area contributed by atoms with Gasteiger partial charge in [0, 0.05) is 11.3 Å². The first-order chi connectivity index (χ1) is 10.2. The summed E-state index contributed by atoms with van der Waals surface area (Å²) in [5.74, 6) is -0.0775. The molecule has 2 heteroatoms. The quantitative estimate of drug-likeness (QED) is 0.814. The number of allylic oxidation sites excluding steroid dienone is 1. The molecule has 2 aromatic carbocycles. The van der Waals surface area contributed by atoms with Crippen molar-refractivity contribution in [2.75, 3.05) is 5.32 Å². The highest BCUT2D eigenvalue weighted by Crippen LogP contribution is 2.18. The maximum absolute atomic E-state index is 12.3. The summed E-state index contributed by atoms with van der Waals surface area (Å²) in [6.45, 7) is 4.16. The van der Waals surface area contributed by atoms with E-state index in [1.165, 1.54) is 0 Å². The monoisotopic (exact) mass is 279 g/mol. The number of carbonyl (C=O) groups excluding carboxylic acids is 1. The minimum absolute atomic E-state index is 0.0775. The predicted molar refractivity (Wildman–Crippen MR) is 89.5 cm³/mol. The van der Waals surface area contributed by atoms with Gasteiger partial charge in [0.15, 0.2) is 0 Å². The third-order valence-corrected chi connectivity index (χ3v) is 3.28. The van der Waals surface area contributed by atoms with E-state index in [-0.39, 0.29) is 5.91 Å². The molecule has 0 fully saturated rings. The lowest BCUT2D eigenvalue weighted by molar-refractivity contribution is 0.102. The molecule has 108 valence electrons. The lowest BCUT2D eigenvalue weighted by Gasteiger charge is -2.09. The van der Waals surface area contributed by atoms with Crippen molar-refractivity contribution in [1.29, 1.82) is 0 Å².